The molecule has 1 spiro atoms. The Morgan fingerprint density at radius 2 is 2.00 bits per heavy atom. The average Bonchev–Trinajstić information content (AvgIpc) is 2.70. The molecule has 1 N–H and O–H groups in total. The van der Waals surface area contributed by atoms with Gasteiger partial charge in [-0.1, -0.05) is 11.6 Å². The van der Waals surface area contributed by atoms with Gasteiger partial charge in [0.25, 0.3) is 0 Å². The monoisotopic (exact) mass is 326 g/mol. The van der Waals surface area contributed by atoms with Crippen LogP contribution in [-0.4, -0.2) is 55.4 Å². The van der Waals surface area contributed by atoms with Crippen LogP contribution in [0.3, 0.4) is 0 Å². The molecule has 6 nitrogen and oxygen atoms in total. The molecule has 0 bridgehead atoms. The molecule has 0 radical (unpaired) electrons. The van der Waals surface area contributed by atoms with Crippen LogP contribution in [-0.2, 0) is 10.0 Å². The van der Waals surface area contributed by atoms with E-state index in [1.807, 2.05) is 12.1 Å². The number of rotatable bonds is 2. The van der Waals surface area contributed by atoms with Gasteiger partial charge in [-0.05, 0) is 12.1 Å². The molecule has 2 aliphatic rings. The molecule has 2 aliphatic heterocycles. The van der Waals surface area contributed by atoms with Crippen molar-refractivity contribution in [2.45, 2.75) is 0 Å². The molecule has 2 fully saturated rings. The van der Waals surface area contributed by atoms with Gasteiger partial charge in [-0.25, -0.2) is 12.7 Å². The molecule has 21 heavy (non-hydrogen) atoms. The number of aromatic nitrogens is 2. The van der Waals surface area contributed by atoms with E-state index in [2.05, 4.69) is 15.1 Å². The number of hydrogen-bond donors (Lipinski definition) is 1. The van der Waals surface area contributed by atoms with Gasteiger partial charge in [0.15, 0.2) is 0 Å². The highest BCUT2D eigenvalue weighted by atomic mass is 35.5. The van der Waals surface area contributed by atoms with E-state index in [-0.39, 0.29) is 5.41 Å². The van der Waals surface area contributed by atoms with Crippen molar-refractivity contribution < 1.29 is 8.42 Å². The van der Waals surface area contributed by atoms with Crippen molar-refractivity contribution in [3.8, 4) is 0 Å². The van der Waals surface area contributed by atoms with Crippen molar-refractivity contribution in [3.63, 3.8) is 0 Å². The fraction of sp³-hybridized carbons (Fsp3) is 0.462. The molecule has 0 amide bonds. The number of nitrogens with zero attached hydrogens (tertiary/aromatic N) is 3. The third-order valence-corrected chi connectivity index (χ3v) is 5.80. The summed E-state index contributed by atoms with van der Waals surface area (Å²) in [4.78, 5) is 2.24. The van der Waals surface area contributed by atoms with E-state index in [4.69, 9.17) is 11.6 Å². The lowest BCUT2D eigenvalue weighted by molar-refractivity contribution is 0.0402. The number of aromatic amines is 1. The number of fused-ring (bicyclic) bond motifs is 1. The molecule has 0 aliphatic carbocycles. The Morgan fingerprint density at radius 1 is 1.29 bits per heavy atom. The normalized spacial score (nSPS) is 21.5. The first-order chi connectivity index (χ1) is 9.86. The maximum absolute atomic E-state index is 11.5. The molecule has 2 saturated heterocycles. The number of hydrogen-bond acceptors (Lipinski definition) is 4. The summed E-state index contributed by atoms with van der Waals surface area (Å²) in [6, 6.07) is 3.80. The summed E-state index contributed by atoms with van der Waals surface area (Å²) < 4.78 is 24.5. The fourth-order valence-corrected chi connectivity index (χ4v) is 4.56. The summed E-state index contributed by atoms with van der Waals surface area (Å²) in [7, 11) is -3.05. The molecule has 8 heteroatoms. The van der Waals surface area contributed by atoms with Crippen molar-refractivity contribution in [2.24, 2.45) is 5.41 Å². The summed E-state index contributed by atoms with van der Waals surface area (Å²) in [6.45, 7) is 2.97. The molecule has 3 heterocycles. The van der Waals surface area contributed by atoms with Crippen LogP contribution in [0.5, 0.6) is 0 Å². The fourth-order valence-electron chi connectivity index (χ4n) is 3.33. The van der Waals surface area contributed by atoms with Crippen molar-refractivity contribution in [3.05, 3.63) is 23.4 Å². The molecule has 2 aromatic rings. The van der Waals surface area contributed by atoms with Gasteiger partial charge in [-0.15, -0.1) is 0 Å². The van der Waals surface area contributed by atoms with Gasteiger partial charge < -0.3 is 4.90 Å². The standard InChI is InChI=1S/C13H15ClN4O2S/c1-21(19,20)18-7-13(8-18)5-17(6-13)12-3-9(14)2-11-10(12)4-15-16-11/h2-4H,5-8H2,1H3,(H,15,16). The van der Waals surface area contributed by atoms with Crippen molar-refractivity contribution in [1.29, 1.82) is 0 Å². The quantitative estimate of drug-likeness (QED) is 0.903. The van der Waals surface area contributed by atoms with E-state index >= 15 is 0 Å². The molecule has 0 atom stereocenters. The number of benzene rings is 1. The first kappa shape index (κ1) is 13.4. The van der Waals surface area contributed by atoms with Crippen LogP contribution in [0, 0.1) is 5.41 Å². The van der Waals surface area contributed by atoms with E-state index in [1.165, 1.54) is 10.6 Å². The molecular weight excluding hydrogens is 312 g/mol. The summed E-state index contributed by atoms with van der Waals surface area (Å²) in [5.74, 6) is 0. The second kappa shape index (κ2) is 4.12. The molecular formula is C13H15ClN4O2S. The smallest absolute Gasteiger partial charge is 0.211 e. The predicted octanol–water partition coefficient (Wildman–Crippen LogP) is 1.30. The van der Waals surface area contributed by atoms with Crippen molar-refractivity contribution in [2.75, 3.05) is 37.3 Å². The topological polar surface area (TPSA) is 69.3 Å². The first-order valence-electron chi connectivity index (χ1n) is 6.69. The van der Waals surface area contributed by atoms with Gasteiger partial charge >= 0.3 is 0 Å². The molecule has 112 valence electrons. The summed E-state index contributed by atoms with van der Waals surface area (Å²) >= 11 is 6.15. The SMILES string of the molecule is CS(=O)(=O)N1CC2(CN(c3cc(Cl)cc4[nH]ncc34)C2)C1. The highest BCUT2D eigenvalue weighted by Gasteiger charge is 2.54. The zero-order valence-electron chi connectivity index (χ0n) is 11.5. The van der Waals surface area contributed by atoms with Crippen LogP contribution in [0.4, 0.5) is 5.69 Å². The van der Waals surface area contributed by atoms with Crippen LogP contribution < -0.4 is 4.90 Å². The minimum Gasteiger partial charge on any atom is -0.369 e. The molecule has 1 aromatic carbocycles. The van der Waals surface area contributed by atoms with E-state index in [9.17, 15) is 8.42 Å². The van der Waals surface area contributed by atoms with E-state index in [0.29, 0.717) is 18.1 Å². The maximum Gasteiger partial charge on any atom is 0.211 e. The van der Waals surface area contributed by atoms with Crippen LogP contribution in [0.25, 0.3) is 10.9 Å². The van der Waals surface area contributed by atoms with Gasteiger partial charge in [-0.3, -0.25) is 5.10 Å². The van der Waals surface area contributed by atoms with Gasteiger partial charge in [0, 0.05) is 47.7 Å². The summed E-state index contributed by atoms with van der Waals surface area (Å²) in [6.07, 6.45) is 3.07. The second-order valence-corrected chi connectivity index (χ2v) is 8.56. The predicted molar refractivity (Wildman–Crippen MR) is 82.2 cm³/mol. The number of H-pyrrole nitrogens is 1. The number of halogens is 1. The summed E-state index contributed by atoms with van der Waals surface area (Å²) in [5.41, 5.74) is 2.10. The number of nitrogens with one attached hydrogen (secondary N) is 1. The van der Waals surface area contributed by atoms with Crippen molar-refractivity contribution >= 4 is 38.2 Å². The molecule has 1 aromatic heterocycles. The molecule has 4 rings (SSSR count). The number of anilines is 1. The van der Waals surface area contributed by atoms with E-state index in [0.717, 1.165) is 29.7 Å². The minimum atomic E-state index is -3.05. The third-order valence-electron chi connectivity index (χ3n) is 4.39. The van der Waals surface area contributed by atoms with Crippen LogP contribution >= 0.6 is 11.6 Å². The third kappa shape index (κ3) is 2.03. The Bertz CT molecular complexity index is 818. The average molecular weight is 327 g/mol. The Balaban J connectivity index is 1.55. The minimum absolute atomic E-state index is 0.113. The van der Waals surface area contributed by atoms with Gasteiger partial charge in [-0.2, -0.15) is 5.10 Å². The number of sulfonamides is 1. The van der Waals surface area contributed by atoms with Gasteiger partial charge in [0.2, 0.25) is 10.0 Å². The lowest BCUT2D eigenvalue weighted by atomic mass is 9.74. The maximum atomic E-state index is 11.5. The Kier molecular flexibility index (Phi) is 2.62. The lowest BCUT2D eigenvalue weighted by Crippen LogP contribution is -2.72. The van der Waals surface area contributed by atoms with Gasteiger partial charge in [0.05, 0.1) is 18.0 Å². The second-order valence-electron chi connectivity index (χ2n) is 6.14. The van der Waals surface area contributed by atoms with Gasteiger partial charge in [0.1, 0.15) is 0 Å². The first-order valence-corrected chi connectivity index (χ1v) is 8.92. The van der Waals surface area contributed by atoms with E-state index < -0.39 is 10.0 Å². The van der Waals surface area contributed by atoms with Crippen LogP contribution in [0.15, 0.2) is 18.3 Å². The largest absolute Gasteiger partial charge is 0.369 e. The lowest BCUT2D eigenvalue weighted by Gasteiger charge is -2.60. The van der Waals surface area contributed by atoms with Crippen molar-refractivity contribution in [1.82, 2.24) is 14.5 Å². The Labute approximate surface area is 127 Å². The van der Waals surface area contributed by atoms with Crippen LogP contribution in [0.1, 0.15) is 0 Å². The van der Waals surface area contributed by atoms with E-state index in [1.54, 1.807) is 6.20 Å². The zero-order valence-corrected chi connectivity index (χ0v) is 13.1. The molecule has 0 unspecified atom stereocenters. The highest BCUT2D eigenvalue weighted by Crippen LogP contribution is 2.44. The Hall–Kier alpha value is -1.31. The molecule has 0 saturated carbocycles. The zero-order chi connectivity index (χ0) is 14.8. The summed E-state index contributed by atoms with van der Waals surface area (Å²) in [5, 5.41) is 8.72. The Morgan fingerprint density at radius 3 is 2.67 bits per heavy atom. The van der Waals surface area contributed by atoms with Crippen LogP contribution in [0.2, 0.25) is 5.02 Å². The highest BCUT2D eigenvalue weighted by molar-refractivity contribution is 7.88.